The quantitative estimate of drug-likeness (QED) is 0.919. The Kier molecular flexibility index (Phi) is 4.33. The Morgan fingerprint density at radius 3 is 2.80 bits per heavy atom. The van der Waals surface area contributed by atoms with Crippen LogP contribution in [0.4, 0.5) is 0 Å². The molecule has 0 spiro atoms. The van der Waals surface area contributed by atoms with Crippen molar-refractivity contribution in [1.29, 1.82) is 0 Å². The van der Waals surface area contributed by atoms with E-state index in [0.29, 0.717) is 6.54 Å². The van der Waals surface area contributed by atoms with Gasteiger partial charge < -0.3 is 9.84 Å². The van der Waals surface area contributed by atoms with Gasteiger partial charge >= 0.3 is 5.97 Å². The SMILES string of the molecule is COc1ccc(CN2CCCCC2(C)C(=O)O)cc1C. The van der Waals surface area contributed by atoms with Gasteiger partial charge in [-0.25, -0.2) is 0 Å². The maximum absolute atomic E-state index is 11.6. The number of benzene rings is 1. The lowest BCUT2D eigenvalue weighted by molar-refractivity contribution is -0.153. The molecule has 2 rings (SSSR count). The van der Waals surface area contributed by atoms with Gasteiger partial charge in [0.05, 0.1) is 7.11 Å². The van der Waals surface area contributed by atoms with Crippen molar-refractivity contribution < 1.29 is 14.6 Å². The summed E-state index contributed by atoms with van der Waals surface area (Å²) in [4.78, 5) is 13.7. The summed E-state index contributed by atoms with van der Waals surface area (Å²) < 4.78 is 5.26. The fourth-order valence-electron chi connectivity index (χ4n) is 2.93. The second kappa shape index (κ2) is 5.83. The molecule has 1 aliphatic rings. The molecule has 1 aliphatic heterocycles. The zero-order valence-electron chi connectivity index (χ0n) is 12.5. The molecule has 1 N–H and O–H groups in total. The molecular weight excluding hydrogens is 254 g/mol. The average molecular weight is 277 g/mol. The Hall–Kier alpha value is -1.55. The van der Waals surface area contributed by atoms with Gasteiger partial charge in [-0.1, -0.05) is 12.1 Å². The number of nitrogens with zero attached hydrogens (tertiary/aromatic N) is 1. The van der Waals surface area contributed by atoms with Crippen molar-refractivity contribution in [3.63, 3.8) is 0 Å². The molecule has 1 aromatic rings. The zero-order valence-corrected chi connectivity index (χ0v) is 12.5. The molecule has 1 unspecified atom stereocenters. The van der Waals surface area contributed by atoms with Crippen LogP contribution in [0.2, 0.25) is 0 Å². The summed E-state index contributed by atoms with van der Waals surface area (Å²) in [5.41, 5.74) is 1.48. The number of aliphatic carboxylic acids is 1. The first kappa shape index (κ1) is 14.9. The van der Waals surface area contributed by atoms with Crippen LogP contribution in [0.25, 0.3) is 0 Å². The third kappa shape index (κ3) is 2.80. The molecule has 20 heavy (non-hydrogen) atoms. The van der Waals surface area contributed by atoms with Crippen LogP contribution in [0.1, 0.15) is 37.3 Å². The number of likely N-dealkylation sites (tertiary alicyclic amines) is 1. The number of aryl methyl sites for hydroxylation is 1. The molecule has 4 heteroatoms. The molecule has 0 saturated carbocycles. The minimum atomic E-state index is -0.744. The second-order valence-electron chi connectivity index (χ2n) is 5.76. The number of carboxylic acids is 1. The third-order valence-electron chi connectivity index (χ3n) is 4.33. The summed E-state index contributed by atoms with van der Waals surface area (Å²) in [6, 6.07) is 6.05. The minimum Gasteiger partial charge on any atom is -0.496 e. The summed E-state index contributed by atoms with van der Waals surface area (Å²) in [6.07, 6.45) is 2.77. The van der Waals surface area contributed by atoms with Gasteiger partial charge in [0.15, 0.2) is 0 Å². The highest BCUT2D eigenvalue weighted by molar-refractivity contribution is 5.78. The number of ether oxygens (including phenoxy) is 1. The normalized spacial score (nSPS) is 23.6. The number of carboxylic acid groups (broad SMARTS) is 1. The van der Waals surface area contributed by atoms with Gasteiger partial charge in [0.2, 0.25) is 0 Å². The molecule has 1 saturated heterocycles. The van der Waals surface area contributed by atoms with Crippen LogP contribution in [0.5, 0.6) is 5.75 Å². The zero-order chi connectivity index (χ0) is 14.8. The van der Waals surface area contributed by atoms with Crippen molar-refractivity contribution in [3.8, 4) is 5.75 Å². The monoisotopic (exact) mass is 277 g/mol. The molecule has 0 aromatic heterocycles. The van der Waals surface area contributed by atoms with Gasteiger partial charge in [0.25, 0.3) is 0 Å². The lowest BCUT2D eigenvalue weighted by atomic mass is 9.88. The van der Waals surface area contributed by atoms with E-state index >= 15 is 0 Å². The van der Waals surface area contributed by atoms with Gasteiger partial charge in [-0.2, -0.15) is 0 Å². The van der Waals surface area contributed by atoms with E-state index in [9.17, 15) is 9.90 Å². The number of hydrogen-bond donors (Lipinski definition) is 1. The van der Waals surface area contributed by atoms with Crippen molar-refractivity contribution in [1.82, 2.24) is 4.90 Å². The molecule has 1 aromatic carbocycles. The largest absolute Gasteiger partial charge is 0.496 e. The van der Waals surface area contributed by atoms with Crippen LogP contribution < -0.4 is 4.74 Å². The van der Waals surface area contributed by atoms with Crippen LogP contribution in [0.3, 0.4) is 0 Å². The fraction of sp³-hybridized carbons (Fsp3) is 0.562. The number of carbonyl (C=O) groups is 1. The topological polar surface area (TPSA) is 49.8 Å². The summed E-state index contributed by atoms with van der Waals surface area (Å²) in [6.45, 7) is 5.36. The number of rotatable bonds is 4. The first-order valence-corrected chi connectivity index (χ1v) is 7.09. The smallest absolute Gasteiger partial charge is 0.323 e. The van der Waals surface area contributed by atoms with Crippen LogP contribution in [-0.2, 0) is 11.3 Å². The van der Waals surface area contributed by atoms with Gasteiger partial charge in [-0.3, -0.25) is 9.69 Å². The average Bonchev–Trinajstić information content (AvgIpc) is 2.41. The van der Waals surface area contributed by atoms with Crippen molar-refractivity contribution >= 4 is 5.97 Å². The maximum Gasteiger partial charge on any atom is 0.323 e. The van der Waals surface area contributed by atoms with E-state index in [-0.39, 0.29) is 0 Å². The molecule has 0 aliphatic carbocycles. The van der Waals surface area contributed by atoms with E-state index in [2.05, 4.69) is 11.0 Å². The molecule has 0 bridgehead atoms. The molecule has 1 fully saturated rings. The van der Waals surface area contributed by atoms with Gasteiger partial charge in [0, 0.05) is 6.54 Å². The lowest BCUT2D eigenvalue weighted by Gasteiger charge is -2.41. The van der Waals surface area contributed by atoms with E-state index in [1.54, 1.807) is 7.11 Å². The minimum absolute atomic E-state index is 0.674. The van der Waals surface area contributed by atoms with Crippen LogP contribution >= 0.6 is 0 Å². The molecule has 4 nitrogen and oxygen atoms in total. The Morgan fingerprint density at radius 2 is 2.20 bits per heavy atom. The van der Waals surface area contributed by atoms with Crippen molar-refractivity contribution in [3.05, 3.63) is 29.3 Å². The van der Waals surface area contributed by atoms with E-state index in [0.717, 1.165) is 42.7 Å². The van der Waals surface area contributed by atoms with Gasteiger partial charge in [-0.05, 0) is 56.8 Å². The predicted octanol–water partition coefficient (Wildman–Crippen LogP) is 2.83. The Balaban J connectivity index is 2.19. The second-order valence-corrected chi connectivity index (χ2v) is 5.76. The van der Waals surface area contributed by atoms with Crippen LogP contribution in [-0.4, -0.2) is 35.2 Å². The highest BCUT2D eigenvalue weighted by atomic mass is 16.5. The van der Waals surface area contributed by atoms with Crippen molar-refractivity contribution in [2.45, 2.75) is 45.2 Å². The summed E-state index contributed by atoms with van der Waals surface area (Å²) in [5, 5.41) is 9.52. The maximum atomic E-state index is 11.6. The molecule has 0 amide bonds. The third-order valence-corrected chi connectivity index (χ3v) is 4.33. The summed E-state index contributed by atoms with van der Waals surface area (Å²) >= 11 is 0. The molecule has 1 atom stereocenters. The fourth-order valence-corrected chi connectivity index (χ4v) is 2.93. The van der Waals surface area contributed by atoms with Crippen LogP contribution in [0, 0.1) is 6.92 Å². The number of methoxy groups -OCH3 is 1. The Morgan fingerprint density at radius 1 is 1.45 bits per heavy atom. The highest BCUT2D eigenvalue weighted by Crippen LogP contribution is 2.30. The molecular formula is C16H23NO3. The molecule has 1 heterocycles. The summed E-state index contributed by atoms with van der Waals surface area (Å²) in [5.74, 6) is 0.149. The number of piperidine rings is 1. The van der Waals surface area contributed by atoms with E-state index in [1.807, 2.05) is 26.0 Å². The number of hydrogen-bond acceptors (Lipinski definition) is 3. The predicted molar refractivity (Wildman–Crippen MR) is 78.0 cm³/mol. The van der Waals surface area contributed by atoms with E-state index in [1.165, 1.54) is 0 Å². The van der Waals surface area contributed by atoms with Gasteiger partial charge in [0.1, 0.15) is 11.3 Å². The highest BCUT2D eigenvalue weighted by Gasteiger charge is 2.41. The van der Waals surface area contributed by atoms with Crippen molar-refractivity contribution in [2.24, 2.45) is 0 Å². The first-order chi connectivity index (χ1) is 9.47. The molecule has 0 radical (unpaired) electrons. The Bertz CT molecular complexity index is 500. The van der Waals surface area contributed by atoms with Crippen LogP contribution in [0.15, 0.2) is 18.2 Å². The van der Waals surface area contributed by atoms with E-state index < -0.39 is 11.5 Å². The first-order valence-electron chi connectivity index (χ1n) is 7.09. The molecule has 110 valence electrons. The Labute approximate surface area is 120 Å². The summed E-state index contributed by atoms with van der Waals surface area (Å²) in [7, 11) is 1.66. The lowest BCUT2D eigenvalue weighted by Crippen LogP contribution is -2.54. The standard InChI is InChI=1S/C16H23NO3/c1-12-10-13(6-7-14(12)20-3)11-17-9-5-4-8-16(17,2)15(18)19/h6-7,10H,4-5,8-9,11H2,1-3H3,(H,18,19). The van der Waals surface area contributed by atoms with Crippen molar-refractivity contribution in [2.75, 3.05) is 13.7 Å². The van der Waals surface area contributed by atoms with E-state index in [4.69, 9.17) is 4.74 Å². The van der Waals surface area contributed by atoms with Gasteiger partial charge in [-0.15, -0.1) is 0 Å².